The summed E-state index contributed by atoms with van der Waals surface area (Å²) < 4.78 is 26.5. The summed E-state index contributed by atoms with van der Waals surface area (Å²) in [5.74, 6) is -1.54. The van der Waals surface area contributed by atoms with Crippen molar-refractivity contribution in [3.05, 3.63) is 35.2 Å². The molecule has 0 atom stereocenters. The minimum atomic E-state index is -0.768. The number of nitrogens with zero attached hydrogens (tertiary/aromatic N) is 2. The maximum atomic E-state index is 13.2. The summed E-state index contributed by atoms with van der Waals surface area (Å²) in [7, 11) is 0. The van der Waals surface area contributed by atoms with E-state index >= 15 is 0 Å². The summed E-state index contributed by atoms with van der Waals surface area (Å²) in [5, 5.41) is 0.181. The summed E-state index contributed by atoms with van der Waals surface area (Å²) in [6.07, 6.45) is 3.62. The van der Waals surface area contributed by atoms with Gasteiger partial charge in [0.1, 0.15) is 0 Å². The zero-order valence-corrected chi connectivity index (χ0v) is 8.09. The van der Waals surface area contributed by atoms with E-state index in [0.717, 1.165) is 23.7 Å². The molecule has 0 aromatic carbocycles. The minimum absolute atomic E-state index is 0.181. The monoisotopic (exact) mass is 226 g/mol. The highest BCUT2D eigenvalue weighted by Gasteiger charge is 2.14. The Morgan fingerprint density at radius 3 is 2.40 bits per heavy atom. The molecule has 0 saturated carbocycles. The molecule has 0 saturated heterocycles. The summed E-state index contributed by atoms with van der Waals surface area (Å²) in [6.45, 7) is 0. The molecule has 0 spiro atoms. The van der Waals surface area contributed by atoms with Crippen LogP contribution in [0, 0.1) is 11.6 Å². The van der Waals surface area contributed by atoms with Crippen molar-refractivity contribution in [2.45, 2.75) is 0 Å². The van der Waals surface area contributed by atoms with Crippen molar-refractivity contribution in [2.75, 3.05) is 0 Å². The molecule has 76 valence electrons. The van der Waals surface area contributed by atoms with Crippen LogP contribution < -0.4 is 0 Å². The summed E-state index contributed by atoms with van der Waals surface area (Å²) in [4.78, 5) is 17.7. The van der Waals surface area contributed by atoms with Crippen molar-refractivity contribution in [1.29, 1.82) is 0 Å². The van der Waals surface area contributed by atoms with E-state index in [-0.39, 0.29) is 15.4 Å². The van der Waals surface area contributed by atoms with Crippen LogP contribution in [0.4, 0.5) is 8.78 Å². The molecule has 0 radical (unpaired) electrons. The quantitative estimate of drug-likeness (QED) is 0.738. The van der Waals surface area contributed by atoms with E-state index in [2.05, 4.69) is 9.97 Å². The van der Waals surface area contributed by atoms with Gasteiger partial charge in [0.2, 0.25) is 0 Å². The zero-order chi connectivity index (χ0) is 10.8. The second-order valence-electron chi connectivity index (χ2n) is 2.66. The van der Waals surface area contributed by atoms with E-state index in [4.69, 9.17) is 0 Å². The largest absolute Gasteiger partial charge is 0.295 e. The summed E-state index contributed by atoms with van der Waals surface area (Å²) in [6, 6.07) is 0. The second kappa shape index (κ2) is 3.82. The lowest BCUT2D eigenvalue weighted by molar-refractivity contribution is 0.112. The lowest BCUT2D eigenvalue weighted by Gasteiger charge is -1.99. The van der Waals surface area contributed by atoms with E-state index in [1.54, 1.807) is 0 Å². The van der Waals surface area contributed by atoms with E-state index in [1.165, 1.54) is 6.20 Å². The Morgan fingerprint density at radius 1 is 1.20 bits per heavy atom. The Kier molecular flexibility index (Phi) is 2.51. The molecular formula is C9H4F2N2OS. The van der Waals surface area contributed by atoms with Crippen LogP contribution in [0.15, 0.2) is 18.6 Å². The number of halogens is 2. The van der Waals surface area contributed by atoms with Crippen LogP contribution in [0.5, 0.6) is 0 Å². The number of carbonyl (C=O) groups excluding carboxylic acids is 1. The highest BCUT2D eigenvalue weighted by Crippen LogP contribution is 2.29. The van der Waals surface area contributed by atoms with Gasteiger partial charge in [-0.05, 0) is 0 Å². The van der Waals surface area contributed by atoms with Crippen molar-refractivity contribution >= 4 is 17.6 Å². The molecule has 3 nitrogen and oxygen atoms in total. The van der Waals surface area contributed by atoms with Gasteiger partial charge in [-0.25, -0.2) is 13.8 Å². The molecule has 2 heterocycles. The number of hydrogen-bond acceptors (Lipinski definition) is 4. The first kappa shape index (κ1) is 9.85. The third-order valence-electron chi connectivity index (χ3n) is 1.72. The standard InChI is InChI=1S/C9H4F2N2OS/c10-5-1-12-2-6(11)9(5)7-3-13-8(4-14)15-7/h1-4H. The second-order valence-corrected chi connectivity index (χ2v) is 3.72. The Labute approximate surface area is 87.4 Å². The maximum Gasteiger partial charge on any atom is 0.178 e. The molecule has 0 bridgehead atoms. The highest BCUT2D eigenvalue weighted by molar-refractivity contribution is 7.16. The molecule has 0 aliphatic heterocycles. The van der Waals surface area contributed by atoms with Gasteiger partial charge in [0.05, 0.1) is 22.8 Å². The fraction of sp³-hybridized carbons (Fsp3) is 0. The fourth-order valence-corrected chi connectivity index (χ4v) is 1.89. The van der Waals surface area contributed by atoms with Crippen LogP contribution >= 0.6 is 11.3 Å². The van der Waals surface area contributed by atoms with Gasteiger partial charge < -0.3 is 0 Å². The van der Waals surface area contributed by atoms with E-state index in [0.29, 0.717) is 6.29 Å². The normalized spacial score (nSPS) is 10.3. The lowest BCUT2D eigenvalue weighted by atomic mass is 10.2. The van der Waals surface area contributed by atoms with Gasteiger partial charge in [-0.1, -0.05) is 0 Å². The predicted octanol–water partition coefficient (Wildman–Crippen LogP) is 2.30. The van der Waals surface area contributed by atoms with Crippen molar-refractivity contribution in [1.82, 2.24) is 9.97 Å². The summed E-state index contributed by atoms with van der Waals surface area (Å²) >= 11 is 0.927. The molecule has 2 aromatic rings. The molecule has 0 unspecified atom stereocenters. The van der Waals surface area contributed by atoms with Crippen molar-refractivity contribution in [3.63, 3.8) is 0 Å². The fourth-order valence-electron chi connectivity index (χ4n) is 1.10. The van der Waals surface area contributed by atoms with Crippen LogP contribution in [0.1, 0.15) is 9.80 Å². The van der Waals surface area contributed by atoms with Gasteiger partial charge in [0.15, 0.2) is 22.9 Å². The maximum absolute atomic E-state index is 13.2. The Balaban J connectivity index is 2.58. The highest BCUT2D eigenvalue weighted by atomic mass is 32.1. The van der Waals surface area contributed by atoms with E-state index < -0.39 is 11.6 Å². The van der Waals surface area contributed by atoms with Crippen molar-refractivity contribution in [3.8, 4) is 10.4 Å². The van der Waals surface area contributed by atoms with Crippen LogP contribution in [0.3, 0.4) is 0 Å². The number of aromatic nitrogens is 2. The minimum Gasteiger partial charge on any atom is -0.295 e. The van der Waals surface area contributed by atoms with Crippen molar-refractivity contribution in [2.24, 2.45) is 0 Å². The smallest absolute Gasteiger partial charge is 0.178 e. The number of aldehydes is 1. The number of pyridine rings is 1. The molecule has 2 rings (SSSR count). The van der Waals surface area contributed by atoms with Crippen LogP contribution in [0.25, 0.3) is 10.4 Å². The molecule has 0 fully saturated rings. The summed E-state index contributed by atoms with van der Waals surface area (Å²) in [5.41, 5.74) is -0.199. The van der Waals surface area contributed by atoms with E-state index in [9.17, 15) is 13.6 Å². The first-order valence-electron chi connectivity index (χ1n) is 3.92. The number of thiazole rings is 1. The molecule has 6 heteroatoms. The van der Waals surface area contributed by atoms with Gasteiger partial charge >= 0.3 is 0 Å². The molecule has 0 N–H and O–H groups in total. The molecule has 0 aliphatic carbocycles. The van der Waals surface area contributed by atoms with Gasteiger partial charge in [-0.2, -0.15) is 0 Å². The van der Waals surface area contributed by atoms with Crippen LogP contribution in [-0.4, -0.2) is 16.3 Å². The predicted molar refractivity (Wildman–Crippen MR) is 50.6 cm³/mol. The Morgan fingerprint density at radius 2 is 1.87 bits per heavy atom. The number of rotatable bonds is 2. The van der Waals surface area contributed by atoms with E-state index in [1.807, 2.05) is 0 Å². The molecule has 0 aliphatic rings. The molecular weight excluding hydrogens is 222 g/mol. The Hall–Kier alpha value is -1.69. The first-order chi connectivity index (χ1) is 7.22. The average molecular weight is 226 g/mol. The average Bonchev–Trinajstić information content (AvgIpc) is 2.66. The zero-order valence-electron chi connectivity index (χ0n) is 7.28. The van der Waals surface area contributed by atoms with Gasteiger partial charge in [0.25, 0.3) is 0 Å². The third-order valence-corrected chi connectivity index (χ3v) is 2.66. The third kappa shape index (κ3) is 1.75. The molecule has 2 aromatic heterocycles. The number of carbonyl (C=O) groups is 1. The van der Waals surface area contributed by atoms with Crippen LogP contribution in [-0.2, 0) is 0 Å². The van der Waals surface area contributed by atoms with Gasteiger partial charge in [0, 0.05) is 6.20 Å². The van der Waals surface area contributed by atoms with Gasteiger partial charge in [-0.3, -0.25) is 9.78 Å². The first-order valence-corrected chi connectivity index (χ1v) is 4.74. The van der Waals surface area contributed by atoms with Gasteiger partial charge in [-0.15, -0.1) is 11.3 Å². The lowest BCUT2D eigenvalue weighted by Crippen LogP contribution is -1.89. The number of hydrogen-bond donors (Lipinski definition) is 0. The van der Waals surface area contributed by atoms with Crippen LogP contribution in [0.2, 0.25) is 0 Å². The molecule has 15 heavy (non-hydrogen) atoms. The topological polar surface area (TPSA) is 42.9 Å². The SMILES string of the molecule is O=Cc1ncc(-c2c(F)cncc2F)s1. The van der Waals surface area contributed by atoms with Crippen molar-refractivity contribution < 1.29 is 13.6 Å². The molecule has 0 amide bonds. The Bertz CT molecular complexity index is 492.